The molecule has 1 aliphatic carbocycles. The summed E-state index contributed by atoms with van der Waals surface area (Å²) in [7, 11) is 0. The number of fused-ring (bicyclic) bond motifs is 1. The number of rotatable bonds is 7. The summed E-state index contributed by atoms with van der Waals surface area (Å²) in [6.45, 7) is 5.97. The maximum absolute atomic E-state index is 12.9. The Morgan fingerprint density at radius 2 is 1.96 bits per heavy atom. The number of hydrogen-bond donors (Lipinski definition) is 0. The molecule has 0 heterocycles. The Morgan fingerprint density at radius 1 is 1.26 bits per heavy atom. The van der Waals surface area contributed by atoms with Crippen molar-refractivity contribution in [1.82, 2.24) is 0 Å². The van der Waals surface area contributed by atoms with E-state index in [-0.39, 0.29) is 36.9 Å². The monoisotopic (exact) mass is 316 g/mol. The molecule has 0 saturated carbocycles. The molecule has 0 saturated heterocycles. The van der Waals surface area contributed by atoms with Gasteiger partial charge in [-0.15, -0.1) is 0 Å². The molecule has 4 nitrogen and oxygen atoms in total. The number of ether oxygens (including phenoxy) is 1. The van der Waals surface area contributed by atoms with Crippen molar-refractivity contribution in [3.05, 3.63) is 35.4 Å². The molecule has 1 aromatic carbocycles. The molecule has 0 fully saturated rings. The fourth-order valence-corrected chi connectivity index (χ4v) is 2.94. The third kappa shape index (κ3) is 3.52. The molecule has 0 N–H and O–H groups in total. The van der Waals surface area contributed by atoms with Crippen molar-refractivity contribution >= 4 is 17.5 Å². The number of ketones is 2. The van der Waals surface area contributed by atoms with E-state index in [2.05, 4.69) is 0 Å². The van der Waals surface area contributed by atoms with Crippen LogP contribution in [0.2, 0.25) is 0 Å². The van der Waals surface area contributed by atoms with Crippen molar-refractivity contribution in [2.45, 2.75) is 46.5 Å². The van der Waals surface area contributed by atoms with Crippen molar-refractivity contribution in [2.24, 2.45) is 11.3 Å². The molecule has 0 spiro atoms. The molecule has 0 aliphatic heterocycles. The van der Waals surface area contributed by atoms with Crippen LogP contribution in [0.4, 0.5) is 0 Å². The fraction of sp³-hybridized carbons (Fsp3) is 0.526. The number of carbonyl (C=O) groups is 3. The lowest BCUT2D eigenvalue weighted by Crippen LogP contribution is -2.39. The minimum absolute atomic E-state index is 0.0600. The second-order valence-corrected chi connectivity index (χ2v) is 6.63. The van der Waals surface area contributed by atoms with Crippen LogP contribution in [0.25, 0.3) is 0 Å². The number of hydrogen-bond acceptors (Lipinski definition) is 4. The van der Waals surface area contributed by atoms with Crippen molar-refractivity contribution in [2.75, 3.05) is 6.61 Å². The van der Waals surface area contributed by atoms with E-state index in [4.69, 9.17) is 4.74 Å². The second kappa shape index (κ2) is 7.07. The summed E-state index contributed by atoms with van der Waals surface area (Å²) in [5, 5.41) is 0. The lowest BCUT2D eigenvalue weighted by Gasteiger charge is -2.25. The number of Topliss-reactive ketones (excluding diaryl/α,β-unsaturated/α-hetero) is 2. The summed E-state index contributed by atoms with van der Waals surface area (Å²) in [5.41, 5.74) is 0.213. The first kappa shape index (κ1) is 17.4. The molecule has 1 atom stereocenters. The van der Waals surface area contributed by atoms with Gasteiger partial charge in [0, 0.05) is 18.4 Å². The van der Waals surface area contributed by atoms with Crippen LogP contribution < -0.4 is 0 Å². The summed E-state index contributed by atoms with van der Waals surface area (Å²) in [6.07, 6.45) is 1.20. The van der Waals surface area contributed by atoms with E-state index in [0.717, 1.165) is 5.56 Å². The number of esters is 1. The summed E-state index contributed by atoms with van der Waals surface area (Å²) >= 11 is 0. The van der Waals surface area contributed by atoms with E-state index in [1.807, 2.05) is 26.0 Å². The van der Waals surface area contributed by atoms with Crippen LogP contribution >= 0.6 is 0 Å². The summed E-state index contributed by atoms with van der Waals surface area (Å²) in [5.74, 6) is -0.431. The molecule has 1 unspecified atom stereocenters. The molecular weight excluding hydrogens is 292 g/mol. The van der Waals surface area contributed by atoms with Crippen molar-refractivity contribution in [3.8, 4) is 0 Å². The van der Waals surface area contributed by atoms with Crippen LogP contribution in [0.3, 0.4) is 0 Å². The minimum atomic E-state index is -1.23. The van der Waals surface area contributed by atoms with E-state index in [1.165, 1.54) is 0 Å². The van der Waals surface area contributed by atoms with Crippen LogP contribution in [-0.2, 0) is 20.7 Å². The zero-order chi connectivity index (χ0) is 17.0. The fourth-order valence-electron chi connectivity index (χ4n) is 2.94. The Morgan fingerprint density at radius 3 is 2.57 bits per heavy atom. The van der Waals surface area contributed by atoms with E-state index in [9.17, 15) is 14.4 Å². The first-order chi connectivity index (χ1) is 10.9. The predicted octanol–water partition coefficient (Wildman–Crippen LogP) is 3.37. The van der Waals surface area contributed by atoms with Gasteiger partial charge in [0.15, 0.2) is 5.78 Å². The third-order valence-electron chi connectivity index (χ3n) is 4.35. The average molecular weight is 316 g/mol. The molecule has 0 radical (unpaired) electrons. The van der Waals surface area contributed by atoms with Gasteiger partial charge in [-0.05, 0) is 24.3 Å². The third-order valence-corrected chi connectivity index (χ3v) is 4.35. The van der Waals surface area contributed by atoms with Crippen LogP contribution in [0.1, 0.15) is 56.0 Å². The molecule has 4 heteroatoms. The summed E-state index contributed by atoms with van der Waals surface area (Å²) < 4.78 is 5.39. The molecule has 2 rings (SSSR count). The van der Waals surface area contributed by atoms with Crippen LogP contribution in [0.5, 0.6) is 0 Å². The highest BCUT2D eigenvalue weighted by molar-refractivity contribution is 6.16. The topological polar surface area (TPSA) is 60.4 Å². The SMILES string of the molecule is CCC(=O)CCC1(C(=O)OCC(C)C)Cc2ccccc2C1=O. The Bertz CT molecular complexity index is 618. The van der Waals surface area contributed by atoms with Gasteiger partial charge in [0.1, 0.15) is 11.2 Å². The van der Waals surface area contributed by atoms with Crippen molar-refractivity contribution in [3.63, 3.8) is 0 Å². The summed E-state index contributed by atoms with van der Waals surface area (Å²) in [6, 6.07) is 7.27. The lowest BCUT2D eigenvalue weighted by molar-refractivity contribution is -0.154. The van der Waals surface area contributed by atoms with Crippen molar-refractivity contribution in [1.29, 1.82) is 0 Å². The molecule has 0 bridgehead atoms. The van der Waals surface area contributed by atoms with Gasteiger partial charge in [0.25, 0.3) is 0 Å². The van der Waals surface area contributed by atoms with Crippen LogP contribution in [0.15, 0.2) is 24.3 Å². The predicted molar refractivity (Wildman–Crippen MR) is 87.2 cm³/mol. The van der Waals surface area contributed by atoms with Crippen molar-refractivity contribution < 1.29 is 19.1 Å². The quantitative estimate of drug-likeness (QED) is 0.571. The summed E-state index contributed by atoms with van der Waals surface area (Å²) in [4.78, 5) is 37.3. The second-order valence-electron chi connectivity index (χ2n) is 6.63. The van der Waals surface area contributed by atoms with Gasteiger partial charge < -0.3 is 4.74 Å². The molecule has 1 aliphatic rings. The zero-order valence-corrected chi connectivity index (χ0v) is 14.1. The Balaban J connectivity index is 2.28. The highest BCUT2D eigenvalue weighted by Crippen LogP contribution is 2.41. The van der Waals surface area contributed by atoms with Gasteiger partial charge in [-0.2, -0.15) is 0 Å². The molecule has 23 heavy (non-hydrogen) atoms. The van der Waals surface area contributed by atoms with Gasteiger partial charge >= 0.3 is 5.97 Å². The Hall–Kier alpha value is -1.97. The van der Waals surface area contributed by atoms with Gasteiger partial charge in [-0.1, -0.05) is 45.0 Å². The number of benzene rings is 1. The molecule has 0 aromatic heterocycles. The average Bonchev–Trinajstić information content (AvgIpc) is 2.84. The van der Waals surface area contributed by atoms with Gasteiger partial charge in [0.2, 0.25) is 0 Å². The number of carbonyl (C=O) groups excluding carboxylic acids is 3. The molecule has 124 valence electrons. The smallest absolute Gasteiger partial charge is 0.320 e. The van der Waals surface area contributed by atoms with E-state index < -0.39 is 11.4 Å². The van der Waals surface area contributed by atoms with Crippen LogP contribution in [0, 0.1) is 11.3 Å². The molecular formula is C19H24O4. The van der Waals surface area contributed by atoms with E-state index in [0.29, 0.717) is 18.4 Å². The highest BCUT2D eigenvalue weighted by Gasteiger charge is 2.52. The standard InChI is InChI=1S/C19H24O4/c1-4-15(20)9-10-19(18(22)23-12-13(2)3)11-14-7-5-6-8-16(14)17(19)21/h5-8,13H,4,9-12H2,1-3H3. The minimum Gasteiger partial charge on any atom is -0.465 e. The largest absolute Gasteiger partial charge is 0.465 e. The van der Waals surface area contributed by atoms with E-state index in [1.54, 1.807) is 19.1 Å². The molecule has 1 aromatic rings. The first-order valence-corrected chi connectivity index (χ1v) is 8.22. The first-order valence-electron chi connectivity index (χ1n) is 8.22. The van der Waals surface area contributed by atoms with E-state index >= 15 is 0 Å². The zero-order valence-electron chi connectivity index (χ0n) is 14.1. The maximum atomic E-state index is 12.9. The van der Waals surface area contributed by atoms with Gasteiger partial charge in [0.05, 0.1) is 6.61 Å². The maximum Gasteiger partial charge on any atom is 0.320 e. The van der Waals surface area contributed by atoms with Crippen LogP contribution in [-0.4, -0.2) is 24.1 Å². The normalized spacial score (nSPS) is 19.7. The Kier molecular flexibility index (Phi) is 5.34. The Labute approximate surface area is 137 Å². The molecule has 0 amide bonds. The lowest BCUT2D eigenvalue weighted by atomic mass is 9.78. The highest BCUT2D eigenvalue weighted by atomic mass is 16.5. The van der Waals surface area contributed by atoms with Gasteiger partial charge in [-0.25, -0.2) is 0 Å². The van der Waals surface area contributed by atoms with Gasteiger partial charge in [-0.3, -0.25) is 14.4 Å².